The fourth-order valence-electron chi connectivity index (χ4n) is 4.51. The van der Waals surface area contributed by atoms with E-state index < -0.39 is 0 Å². The molecule has 2 aromatic rings. The van der Waals surface area contributed by atoms with E-state index in [-0.39, 0.29) is 11.7 Å². The van der Waals surface area contributed by atoms with Gasteiger partial charge in [0.25, 0.3) is 0 Å². The van der Waals surface area contributed by atoms with E-state index in [4.69, 9.17) is 14.2 Å². The summed E-state index contributed by atoms with van der Waals surface area (Å²) < 4.78 is 16.4. The maximum atomic E-state index is 13.2. The third-order valence-corrected chi connectivity index (χ3v) is 6.39. The molecule has 5 nitrogen and oxygen atoms in total. The molecule has 1 aliphatic heterocycles. The zero-order valence-corrected chi connectivity index (χ0v) is 19.4. The zero-order chi connectivity index (χ0) is 22.4. The lowest BCUT2D eigenvalue weighted by atomic mass is 9.86. The van der Waals surface area contributed by atoms with E-state index in [1.807, 2.05) is 37.3 Å². The minimum absolute atomic E-state index is 0.0647. The van der Waals surface area contributed by atoms with Crippen LogP contribution in [0.5, 0.6) is 17.2 Å². The van der Waals surface area contributed by atoms with Crippen molar-refractivity contribution >= 4 is 5.78 Å². The number of ether oxygens (including phenoxy) is 3. The predicted molar refractivity (Wildman–Crippen MR) is 124 cm³/mol. The summed E-state index contributed by atoms with van der Waals surface area (Å²) in [6.45, 7) is 7.57. The molecule has 3 rings (SSSR count). The van der Waals surface area contributed by atoms with E-state index in [1.165, 1.54) is 18.5 Å². The average Bonchev–Trinajstić information content (AvgIpc) is 2.83. The van der Waals surface area contributed by atoms with Crippen LogP contribution in [0.15, 0.2) is 36.4 Å². The third-order valence-electron chi connectivity index (χ3n) is 6.39. The van der Waals surface area contributed by atoms with E-state index in [9.17, 15) is 4.79 Å². The Balaban J connectivity index is 1.78. The number of hydrogen-bond acceptors (Lipinski definition) is 5. The van der Waals surface area contributed by atoms with E-state index >= 15 is 0 Å². The average molecular weight is 426 g/mol. The highest BCUT2D eigenvalue weighted by Crippen LogP contribution is 2.36. The molecule has 0 aromatic heterocycles. The van der Waals surface area contributed by atoms with Crippen molar-refractivity contribution in [3.63, 3.8) is 0 Å². The molecule has 1 fully saturated rings. The highest BCUT2D eigenvalue weighted by molar-refractivity contribution is 6.01. The van der Waals surface area contributed by atoms with Crippen molar-refractivity contribution < 1.29 is 19.0 Å². The van der Waals surface area contributed by atoms with Gasteiger partial charge in [0.2, 0.25) is 0 Å². The number of ketones is 1. The number of benzene rings is 2. The van der Waals surface area contributed by atoms with Crippen molar-refractivity contribution in [2.45, 2.75) is 44.9 Å². The largest absolute Gasteiger partial charge is 0.496 e. The molecule has 1 heterocycles. The number of carbonyl (C=O) groups is 1. The van der Waals surface area contributed by atoms with Crippen molar-refractivity contribution in [2.75, 3.05) is 41.0 Å². The first-order chi connectivity index (χ1) is 15.0. The van der Waals surface area contributed by atoms with Crippen LogP contribution in [0.2, 0.25) is 0 Å². The molecule has 2 aromatic carbocycles. The molecule has 0 saturated carbocycles. The SMILES string of the molecule is CCCN1CCC(c2ccc(C(=O)C(C)c3ccc(OC)c(OC)c3)cc2OC)CC1. The molecule has 0 aliphatic carbocycles. The van der Waals surface area contributed by atoms with Gasteiger partial charge in [0.05, 0.1) is 21.3 Å². The summed E-state index contributed by atoms with van der Waals surface area (Å²) in [5.74, 6) is 2.35. The Kier molecular flexibility index (Phi) is 7.97. The number of hydrogen-bond donors (Lipinski definition) is 0. The fraction of sp³-hybridized carbons (Fsp3) is 0.500. The summed E-state index contributed by atoms with van der Waals surface area (Å²) in [5.41, 5.74) is 2.79. The molecule has 31 heavy (non-hydrogen) atoms. The standard InChI is InChI=1S/C26H35NO4/c1-6-13-27-14-11-19(12-15-27)22-9-7-21(17-24(22)30-4)26(28)18(2)20-8-10-23(29-3)25(16-20)31-5/h7-10,16-19H,6,11-15H2,1-5H3. The quantitative estimate of drug-likeness (QED) is 0.511. The molecule has 1 unspecified atom stereocenters. The lowest BCUT2D eigenvalue weighted by Gasteiger charge is -2.32. The topological polar surface area (TPSA) is 48.0 Å². The highest BCUT2D eigenvalue weighted by atomic mass is 16.5. The van der Waals surface area contributed by atoms with Crippen LogP contribution in [-0.4, -0.2) is 51.6 Å². The Morgan fingerprint density at radius 2 is 1.65 bits per heavy atom. The minimum atomic E-state index is -0.298. The maximum absolute atomic E-state index is 13.2. The summed E-state index contributed by atoms with van der Waals surface area (Å²) in [5, 5.41) is 0. The molecular formula is C26H35NO4. The van der Waals surface area contributed by atoms with Crippen LogP contribution < -0.4 is 14.2 Å². The molecular weight excluding hydrogens is 390 g/mol. The second-order valence-electron chi connectivity index (χ2n) is 8.27. The molecule has 0 amide bonds. The van der Waals surface area contributed by atoms with Crippen molar-refractivity contribution in [3.8, 4) is 17.2 Å². The van der Waals surface area contributed by atoms with Gasteiger partial charge in [0, 0.05) is 11.5 Å². The molecule has 0 radical (unpaired) electrons. The van der Waals surface area contributed by atoms with Crippen molar-refractivity contribution in [3.05, 3.63) is 53.1 Å². The van der Waals surface area contributed by atoms with Gasteiger partial charge in [-0.1, -0.05) is 32.0 Å². The lowest BCUT2D eigenvalue weighted by Crippen LogP contribution is -2.33. The van der Waals surface area contributed by atoms with Crippen molar-refractivity contribution in [1.82, 2.24) is 4.90 Å². The van der Waals surface area contributed by atoms with Crippen LogP contribution in [0.25, 0.3) is 0 Å². The Morgan fingerprint density at radius 1 is 0.968 bits per heavy atom. The number of piperidine rings is 1. The van der Waals surface area contributed by atoms with Crippen LogP contribution in [-0.2, 0) is 0 Å². The summed E-state index contributed by atoms with van der Waals surface area (Å²) >= 11 is 0. The fourth-order valence-corrected chi connectivity index (χ4v) is 4.51. The Labute approximate surface area is 186 Å². The highest BCUT2D eigenvalue weighted by Gasteiger charge is 2.25. The first kappa shape index (κ1) is 23.1. The number of Topliss-reactive ketones (excluding diaryl/α,β-unsaturated/α-hetero) is 1. The minimum Gasteiger partial charge on any atom is -0.496 e. The Morgan fingerprint density at radius 3 is 2.26 bits per heavy atom. The normalized spacial score (nSPS) is 16.0. The van der Waals surface area contributed by atoms with Crippen LogP contribution in [0.1, 0.15) is 66.4 Å². The number of nitrogens with zero attached hydrogens (tertiary/aromatic N) is 1. The number of rotatable bonds is 9. The van der Waals surface area contributed by atoms with Crippen molar-refractivity contribution in [2.24, 2.45) is 0 Å². The van der Waals surface area contributed by atoms with E-state index in [1.54, 1.807) is 21.3 Å². The smallest absolute Gasteiger partial charge is 0.170 e. The molecule has 0 spiro atoms. The second kappa shape index (κ2) is 10.7. The molecule has 0 N–H and O–H groups in total. The molecule has 5 heteroatoms. The van der Waals surface area contributed by atoms with Gasteiger partial charge in [-0.05, 0) is 74.1 Å². The van der Waals surface area contributed by atoms with Gasteiger partial charge in [-0.2, -0.15) is 0 Å². The van der Waals surface area contributed by atoms with Crippen LogP contribution in [0, 0.1) is 0 Å². The molecule has 168 valence electrons. The number of carbonyl (C=O) groups excluding carboxylic acids is 1. The van der Waals surface area contributed by atoms with Gasteiger partial charge in [-0.3, -0.25) is 4.79 Å². The zero-order valence-electron chi connectivity index (χ0n) is 19.4. The predicted octanol–water partition coefficient (Wildman–Crippen LogP) is 5.29. The van der Waals surface area contributed by atoms with Crippen molar-refractivity contribution in [1.29, 1.82) is 0 Å². The van der Waals surface area contributed by atoms with Crippen LogP contribution in [0.4, 0.5) is 0 Å². The third kappa shape index (κ3) is 5.21. The van der Waals surface area contributed by atoms with Gasteiger partial charge in [0.15, 0.2) is 17.3 Å². The van der Waals surface area contributed by atoms with E-state index in [0.717, 1.165) is 37.2 Å². The van der Waals surface area contributed by atoms with E-state index in [2.05, 4.69) is 17.9 Å². The summed E-state index contributed by atoms with van der Waals surface area (Å²) in [6, 6.07) is 11.6. The van der Waals surface area contributed by atoms with Crippen LogP contribution in [0.3, 0.4) is 0 Å². The molecule has 1 atom stereocenters. The van der Waals surface area contributed by atoms with Crippen LogP contribution >= 0.6 is 0 Å². The first-order valence-corrected chi connectivity index (χ1v) is 11.2. The monoisotopic (exact) mass is 425 g/mol. The van der Waals surface area contributed by atoms with E-state index in [0.29, 0.717) is 23.0 Å². The summed E-state index contributed by atoms with van der Waals surface area (Å²) in [7, 11) is 4.90. The Hall–Kier alpha value is -2.53. The van der Waals surface area contributed by atoms with Gasteiger partial charge in [0.1, 0.15) is 5.75 Å². The first-order valence-electron chi connectivity index (χ1n) is 11.2. The second-order valence-corrected chi connectivity index (χ2v) is 8.27. The van der Waals surface area contributed by atoms with Gasteiger partial charge < -0.3 is 19.1 Å². The number of methoxy groups -OCH3 is 3. The maximum Gasteiger partial charge on any atom is 0.170 e. The molecule has 1 saturated heterocycles. The summed E-state index contributed by atoms with van der Waals surface area (Å²) in [4.78, 5) is 15.8. The Bertz CT molecular complexity index is 887. The lowest BCUT2D eigenvalue weighted by molar-refractivity contribution is 0.0965. The molecule has 1 aliphatic rings. The van der Waals surface area contributed by atoms with Gasteiger partial charge in [-0.25, -0.2) is 0 Å². The molecule has 0 bridgehead atoms. The van der Waals surface area contributed by atoms with Gasteiger partial charge in [-0.15, -0.1) is 0 Å². The number of likely N-dealkylation sites (tertiary alicyclic amines) is 1. The van der Waals surface area contributed by atoms with Gasteiger partial charge >= 0.3 is 0 Å². The summed E-state index contributed by atoms with van der Waals surface area (Å²) in [6.07, 6.45) is 3.46.